The van der Waals surface area contributed by atoms with Crippen molar-refractivity contribution in [1.82, 2.24) is 14.9 Å². The zero-order valence-corrected chi connectivity index (χ0v) is 16.8. The van der Waals surface area contributed by atoms with Gasteiger partial charge in [-0.05, 0) is 37.5 Å². The van der Waals surface area contributed by atoms with Crippen LogP contribution < -0.4 is 14.4 Å². The summed E-state index contributed by atoms with van der Waals surface area (Å²) in [5, 5.41) is 0. The highest BCUT2D eigenvalue weighted by molar-refractivity contribution is 5.79. The Labute approximate surface area is 166 Å². The summed E-state index contributed by atoms with van der Waals surface area (Å²) in [4.78, 5) is 25.1. The molecule has 0 spiro atoms. The smallest absolute Gasteiger partial charge is 0.257 e. The zero-order chi connectivity index (χ0) is 19.9. The fourth-order valence-electron chi connectivity index (χ4n) is 3.28. The minimum absolute atomic E-state index is 0.0755. The maximum atomic E-state index is 12.8. The molecule has 28 heavy (non-hydrogen) atoms. The maximum absolute atomic E-state index is 12.8. The van der Waals surface area contributed by atoms with Crippen LogP contribution in [-0.4, -0.2) is 60.7 Å². The molecule has 1 amide bonds. The van der Waals surface area contributed by atoms with E-state index in [0.717, 1.165) is 30.7 Å². The van der Waals surface area contributed by atoms with E-state index in [-0.39, 0.29) is 12.0 Å². The number of likely N-dealkylation sites (tertiary alicyclic amines) is 1. The summed E-state index contributed by atoms with van der Waals surface area (Å²) in [6.45, 7) is 3.92. The molecule has 1 aromatic carbocycles. The lowest BCUT2D eigenvalue weighted by Crippen LogP contribution is -2.45. The Balaban J connectivity index is 1.59. The minimum atomic E-state index is -0.0755. The molecule has 2 heterocycles. The van der Waals surface area contributed by atoms with Crippen LogP contribution in [0.1, 0.15) is 25.3 Å². The van der Waals surface area contributed by atoms with Gasteiger partial charge in [0.25, 0.3) is 5.88 Å². The summed E-state index contributed by atoms with van der Waals surface area (Å²) in [6.07, 6.45) is 5.39. The lowest BCUT2D eigenvalue weighted by molar-refractivity contribution is -0.133. The summed E-state index contributed by atoms with van der Waals surface area (Å²) < 4.78 is 11.5. The van der Waals surface area contributed by atoms with Crippen LogP contribution in [0.25, 0.3) is 0 Å². The van der Waals surface area contributed by atoms with Gasteiger partial charge in [-0.2, -0.15) is 0 Å². The SMILES string of the molecule is CCOc1ccc(CC(=O)N2CCCC(Oc3nccnc3N(C)C)C2)cc1. The first-order valence-electron chi connectivity index (χ1n) is 9.71. The van der Waals surface area contributed by atoms with E-state index in [4.69, 9.17) is 9.47 Å². The van der Waals surface area contributed by atoms with Gasteiger partial charge in [-0.1, -0.05) is 12.1 Å². The van der Waals surface area contributed by atoms with Crippen molar-refractivity contribution in [2.75, 3.05) is 38.7 Å². The number of nitrogens with zero attached hydrogens (tertiary/aromatic N) is 4. The lowest BCUT2D eigenvalue weighted by Gasteiger charge is -2.33. The van der Waals surface area contributed by atoms with Gasteiger partial charge in [-0.15, -0.1) is 0 Å². The fourth-order valence-corrected chi connectivity index (χ4v) is 3.28. The van der Waals surface area contributed by atoms with Gasteiger partial charge in [0, 0.05) is 33.0 Å². The first-order chi connectivity index (χ1) is 13.6. The Morgan fingerprint density at radius 2 is 1.96 bits per heavy atom. The number of carbonyl (C=O) groups is 1. The highest BCUT2D eigenvalue weighted by atomic mass is 16.5. The van der Waals surface area contributed by atoms with Crippen molar-refractivity contribution in [3.8, 4) is 11.6 Å². The molecular weight excluding hydrogens is 356 g/mol. The van der Waals surface area contributed by atoms with Gasteiger partial charge in [0.1, 0.15) is 11.9 Å². The monoisotopic (exact) mass is 384 g/mol. The third-order valence-electron chi connectivity index (χ3n) is 4.67. The Morgan fingerprint density at radius 3 is 2.68 bits per heavy atom. The highest BCUT2D eigenvalue weighted by Crippen LogP contribution is 2.24. The number of carbonyl (C=O) groups excluding carboxylic acids is 1. The van der Waals surface area contributed by atoms with E-state index < -0.39 is 0 Å². The van der Waals surface area contributed by atoms with Gasteiger partial charge in [0.05, 0.1) is 19.6 Å². The maximum Gasteiger partial charge on any atom is 0.257 e. The number of benzene rings is 1. The van der Waals surface area contributed by atoms with Crippen molar-refractivity contribution in [1.29, 1.82) is 0 Å². The number of aromatic nitrogens is 2. The molecule has 0 N–H and O–H groups in total. The van der Waals surface area contributed by atoms with E-state index in [9.17, 15) is 4.79 Å². The van der Waals surface area contributed by atoms with Gasteiger partial charge in [0.2, 0.25) is 5.91 Å². The van der Waals surface area contributed by atoms with Crippen LogP contribution in [0, 0.1) is 0 Å². The van der Waals surface area contributed by atoms with E-state index in [1.807, 2.05) is 55.1 Å². The van der Waals surface area contributed by atoms with E-state index in [1.165, 1.54) is 0 Å². The summed E-state index contributed by atoms with van der Waals surface area (Å²) in [5.41, 5.74) is 0.986. The zero-order valence-electron chi connectivity index (χ0n) is 16.8. The molecule has 2 aromatic rings. The molecule has 1 aromatic heterocycles. The molecule has 1 saturated heterocycles. The van der Waals surface area contributed by atoms with Crippen molar-refractivity contribution < 1.29 is 14.3 Å². The van der Waals surface area contributed by atoms with Crippen molar-refractivity contribution in [2.24, 2.45) is 0 Å². The molecule has 0 saturated carbocycles. The Hall–Kier alpha value is -2.83. The second kappa shape index (κ2) is 9.39. The molecule has 0 bridgehead atoms. The van der Waals surface area contributed by atoms with E-state index in [2.05, 4.69) is 9.97 Å². The van der Waals surface area contributed by atoms with E-state index in [1.54, 1.807) is 12.4 Å². The molecular formula is C21H28N4O3. The number of piperidine rings is 1. The van der Waals surface area contributed by atoms with Crippen molar-refractivity contribution in [2.45, 2.75) is 32.3 Å². The molecule has 7 nitrogen and oxygen atoms in total. The molecule has 0 radical (unpaired) electrons. The number of rotatable bonds is 7. The first-order valence-corrected chi connectivity index (χ1v) is 9.71. The number of ether oxygens (including phenoxy) is 2. The average Bonchev–Trinajstić information content (AvgIpc) is 2.70. The minimum Gasteiger partial charge on any atom is -0.494 e. The summed E-state index contributed by atoms with van der Waals surface area (Å²) in [7, 11) is 3.81. The predicted octanol–water partition coefficient (Wildman–Crippen LogP) is 2.55. The second-order valence-electron chi connectivity index (χ2n) is 7.06. The standard InChI is InChI=1S/C21H28N4O3/c1-4-27-17-9-7-16(8-10-17)14-19(26)25-13-5-6-18(15-25)28-21-20(24(2)3)22-11-12-23-21/h7-12,18H,4-6,13-15H2,1-3H3. The van der Waals surface area contributed by atoms with Crippen LogP contribution in [0.3, 0.4) is 0 Å². The third kappa shape index (κ3) is 5.12. The van der Waals surface area contributed by atoms with Gasteiger partial charge in [-0.3, -0.25) is 4.79 Å². The quantitative estimate of drug-likeness (QED) is 0.731. The predicted molar refractivity (Wildman–Crippen MR) is 108 cm³/mol. The van der Waals surface area contributed by atoms with Crippen LogP contribution in [0.5, 0.6) is 11.6 Å². The van der Waals surface area contributed by atoms with Crippen LogP contribution in [-0.2, 0) is 11.2 Å². The number of amides is 1. The second-order valence-corrected chi connectivity index (χ2v) is 7.06. The molecule has 1 atom stereocenters. The van der Waals surface area contributed by atoms with Gasteiger partial charge < -0.3 is 19.3 Å². The van der Waals surface area contributed by atoms with E-state index in [0.29, 0.717) is 31.3 Å². The van der Waals surface area contributed by atoms with Crippen LogP contribution >= 0.6 is 0 Å². The van der Waals surface area contributed by atoms with Gasteiger partial charge in [-0.25, -0.2) is 9.97 Å². The van der Waals surface area contributed by atoms with Crippen LogP contribution in [0.2, 0.25) is 0 Å². The molecule has 150 valence electrons. The molecule has 1 fully saturated rings. The molecule has 1 aliphatic heterocycles. The van der Waals surface area contributed by atoms with Crippen LogP contribution in [0.15, 0.2) is 36.7 Å². The molecule has 3 rings (SSSR count). The molecule has 7 heteroatoms. The first kappa shape index (κ1) is 19.9. The van der Waals surface area contributed by atoms with Gasteiger partial charge >= 0.3 is 0 Å². The van der Waals surface area contributed by atoms with E-state index >= 15 is 0 Å². The Morgan fingerprint density at radius 1 is 1.21 bits per heavy atom. The van der Waals surface area contributed by atoms with Crippen LogP contribution in [0.4, 0.5) is 5.82 Å². The largest absolute Gasteiger partial charge is 0.494 e. The highest BCUT2D eigenvalue weighted by Gasteiger charge is 2.26. The Kier molecular flexibility index (Phi) is 6.68. The summed E-state index contributed by atoms with van der Waals surface area (Å²) in [5.74, 6) is 2.15. The Bertz CT molecular complexity index is 779. The molecule has 0 aliphatic carbocycles. The average molecular weight is 384 g/mol. The molecule has 1 unspecified atom stereocenters. The number of hydrogen-bond acceptors (Lipinski definition) is 6. The number of hydrogen-bond donors (Lipinski definition) is 0. The lowest BCUT2D eigenvalue weighted by atomic mass is 10.1. The third-order valence-corrected chi connectivity index (χ3v) is 4.67. The van der Waals surface area contributed by atoms with Crippen molar-refractivity contribution in [3.63, 3.8) is 0 Å². The number of anilines is 1. The normalized spacial score (nSPS) is 16.5. The topological polar surface area (TPSA) is 67.8 Å². The molecule has 1 aliphatic rings. The fraction of sp³-hybridized carbons (Fsp3) is 0.476. The summed E-state index contributed by atoms with van der Waals surface area (Å²) in [6, 6.07) is 7.71. The van der Waals surface area contributed by atoms with Crippen molar-refractivity contribution in [3.05, 3.63) is 42.2 Å². The summed E-state index contributed by atoms with van der Waals surface area (Å²) >= 11 is 0. The van der Waals surface area contributed by atoms with Gasteiger partial charge in [0.15, 0.2) is 5.82 Å². The van der Waals surface area contributed by atoms with Crippen molar-refractivity contribution >= 4 is 11.7 Å².